The molecular formula is C30H31ClF3N5O3. The lowest BCUT2D eigenvalue weighted by atomic mass is 9.90. The van der Waals surface area contributed by atoms with E-state index in [1.54, 1.807) is 55.3 Å². The SMILES string of the molecule is COCCN1CCC(C(=O)Cc2cc(Oc3ccc4c(c3)nc(Nc3cc(C(F)(F)F)ccc3Cl)n4C)ccn2)CC1. The Bertz CT molecular complexity index is 1570. The molecular weight excluding hydrogens is 571 g/mol. The van der Waals surface area contributed by atoms with Crippen LogP contribution in [0.5, 0.6) is 11.5 Å². The Morgan fingerprint density at radius 2 is 1.86 bits per heavy atom. The number of benzene rings is 2. The summed E-state index contributed by atoms with van der Waals surface area (Å²) in [6, 6.07) is 11.9. The van der Waals surface area contributed by atoms with Crippen LogP contribution in [0.3, 0.4) is 0 Å². The lowest BCUT2D eigenvalue weighted by Crippen LogP contribution is -2.38. The Labute approximate surface area is 246 Å². The molecule has 8 nitrogen and oxygen atoms in total. The first kappa shape index (κ1) is 29.8. The average Bonchev–Trinajstić information content (AvgIpc) is 3.26. The first-order chi connectivity index (χ1) is 20.1. The molecule has 1 aliphatic rings. The van der Waals surface area contributed by atoms with Crippen LogP contribution in [-0.2, 0) is 29.2 Å². The lowest BCUT2D eigenvalue weighted by molar-refractivity contribution is -0.137. The molecule has 0 amide bonds. The second kappa shape index (κ2) is 12.7. The number of ether oxygens (including phenoxy) is 2. The number of imidazole rings is 1. The normalized spacial score (nSPS) is 14.8. The molecule has 1 saturated heterocycles. The van der Waals surface area contributed by atoms with Crippen LogP contribution in [0.2, 0.25) is 5.02 Å². The van der Waals surface area contributed by atoms with Crippen molar-refractivity contribution >= 4 is 40.1 Å². The quantitative estimate of drug-likeness (QED) is 0.218. The van der Waals surface area contributed by atoms with E-state index in [9.17, 15) is 18.0 Å². The van der Waals surface area contributed by atoms with Gasteiger partial charge in [0.05, 0.1) is 39.6 Å². The highest BCUT2D eigenvalue weighted by molar-refractivity contribution is 6.33. The number of nitrogens with one attached hydrogen (secondary N) is 1. The highest BCUT2D eigenvalue weighted by Crippen LogP contribution is 2.35. The van der Waals surface area contributed by atoms with E-state index < -0.39 is 11.7 Å². The number of fused-ring (bicyclic) bond motifs is 1. The van der Waals surface area contributed by atoms with Gasteiger partial charge >= 0.3 is 6.18 Å². The predicted octanol–water partition coefficient (Wildman–Crippen LogP) is 6.65. The predicted molar refractivity (Wildman–Crippen MR) is 155 cm³/mol. The number of ketones is 1. The van der Waals surface area contributed by atoms with Crippen molar-refractivity contribution in [2.45, 2.75) is 25.4 Å². The molecule has 0 aliphatic carbocycles. The van der Waals surface area contributed by atoms with Crippen molar-refractivity contribution in [3.8, 4) is 11.5 Å². The second-order valence-corrected chi connectivity index (χ2v) is 10.7. The molecule has 1 aliphatic heterocycles. The van der Waals surface area contributed by atoms with Gasteiger partial charge in [-0.25, -0.2) is 4.98 Å². The van der Waals surface area contributed by atoms with Gasteiger partial charge in [-0.2, -0.15) is 13.2 Å². The third kappa shape index (κ3) is 7.03. The molecule has 2 aromatic carbocycles. The number of nitrogens with zero attached hydrogens (tertiary/aromatic N) is 4. The van der Waals surface area contributed by atoms with Gasteiger partial charge in [0, 0.05) is 51.4 Å². The van der Waals surface area contributed by atoms with Gasteiger partial charge in [-0.15, -0.1) is 0 Å². The van der Waals surface area contributed by atoms with Crippen LogP contribution in [-0.4, -0.2) is 58.6 Å². The zero-order valence-corrected chi connectivity index (χ0v) is 24.0. The van der Waals surface area contributed by atoms with Gasteiger partial charge in [0.15, 0.2) is 0 Å². The zero-order chi connectivity index (χ0) is 29.9. The van der Waals surface area contributed by atoms with Crippen LogP contribution in [0, 0.1) is 5.92 Å². The number of aromatic nitrogens is 3. The van der Waals surface area contributed by atoms with E-state index in [1.807, 2.05) is 0 Å². The molecule has 222 valence electrons. The molecule has 1 N–H and O–H groups in total. The minimum absolute atomic E-state index is 0.0235. The fourth-order valence-electron chi connectivity index (χ4n) is 5.05. The van der Waals surface area contributed by atoms with Gasteiger partial charge in [0.2, 0.25) is 5.95 Å². The van der Waals surface area contributed by atoms with Gasteiger partial charge in [-0.05, 0) is 62.3 Å². The molecule has 0 atom stereocenters. The van der Waals surface area contributed by atoms with Crippen LogP contribution >= 0.6 is 11.6 Å². The number of hydrogen-bond acceptors (Lipinski definition) is 7. The summed E-state index contributed by atoms with van der Waals surface area (Å²) in [5.41, 5.74) is 1.23. The van der Waals surface area contributed by atoms with Crippen molar-refractivity contribution in [3.05, 3.63) is 71.0 Å². The van der Waals surface area contributed by atoms with Crippen LogP contribution < -0.4 is 10.1 Å². The number of halogens is 4. The van der Waals surface area contributed by atoms with Gasteiger partial charge in [-0.1, -0.05) is 11.6 Å². The smallest absolute Gasteiger partial charge is 0.416 e. The standard InChI is InChI=1S/C30H31ClF3N5O3/c1-38-27-6-4-22(18-26(27)37-29(38)36-25-15-20(30(32,33)34)3-5-24(25)31)42-23-7-10-35-21(16-23)17-28(40)19-8-11-39(12-9-19)13-14-41-2/h3-7,10,15-16,18-19H,8-9,11-14,17H2,1-2H3,(H,36,37). The molecule has 2 aromatic heterocycles. The van der Waals surface area contributed by atoms with E-state index in [0.29, 0.717) is 35.3 Å². The number of carbonyl (C=O) groups is 1. The zero-order valence-electron chi connectivity index (χ0n) is 23.2. The summed E-state index contributed by atoms with van der Waals surface area (Å²) in [5, 5.41) is 3.04. The molecule has 0 radical (unpaired) electrons. The molecule has 0 bridgehead atoms. The van der Waals surface area contributed by atoms with Gasteiger partial charge in [0.25, 0.3) is 0 Å². The number of carbonyl (C=O) groups excluding carboxylic acids is 1. The summed E-state index contributed by atoms with van der Waals surface area (Å²) >= 11 is 6.15. The van der Waals surface area contributed by atoms with Gasteiger partial charge < -0.3 is 24.3 Å². The van der Waals surface area contributed by atoms with Crippen LogP contribution in [0.1, 0.15) is 24.1 Å². The summed E-state index contributed by atoms with van der Waals surface area (Å²) in [6.45, 7) is 3.34. The Balaban J connectivity index is 1.25. The number of aryl methyl sites for hydroxylation is 1. The highest BCUT2D eigenvalue weighted by atomic mass is 35.5. The number of pyridine rings is 1. The molecule has 4 aromatic rings. The van der Waals surface area contributed by atoms with Crippen molar-refractivity contribution in [3.63, 3.8) is 0 Å². The number of hydrogen-bond donors (Lipinski definition) is 1. The number of Topliss-reactive ketones (excluding diaryl/α,β-unsaturated/α-hetero) is 1. The third-order valence-corrected chi connectivity index (χ3v) is 7.76. The first-order valence-electron chi connectivity index (χ1n) is 13.6. The number of anilines is 2. The maximum absolute atomic E-state index is 13.2. The minimum Gasteiger partial charge on any atom is -0.457 e. The van der Waals surface area contributed by atoms with E-state index in [0.717, 1.165) is 50.1 Å². The molecule has 0 saturated carbocycles. The molecule has 12 heteroatoms. The second-order valence-electron chi connectivity index (χ2n) is 10.3. The molecule has 3 heterocycles. The summed E-state index contributed by atoms with van der Waals surface area (Å²) in [7, 11) is 3.44. The monoisotopic (exact) mass is 601 g/mol. The minimum atomic E-state index is -4.50. The van der Waals surface area contributed by atoms with Crippen LogP contribution in [0.4, 0.5) is 24.8 Å². The molecule has 0 spiro atoms. The molecule has 5 rings (SSSR count). The van der Waals surface area contributed by atoms with Gasteiger partial charge in [-0.3, -0.25) is 9.78 Å². The summed E-state index contributed by atoms with van der Waals surface area (Å²) in [4.78, 5) is 24.2. The first-order valence-corrected chi connectivity index (χ1v) is 14.0. The van der Waals surface area contributed by atoms with Crippen molar-refractivity contribution in [2.24, 2.45) is 13.0 Å². The van der Waals surface area contributed by atoms with E-state index in [1.165, 1.54) is 6.07 Å². The van der Waals surface area contributed by atoms with Gasteiger partial charge in [0.1, 0.15) is 17.3 Å². The Morgan fingerprint density at radius 3 is 2.60 bits per heavy atom. The molecule has 1 fully saturated rings. The van der Waals surface area contributed by atoms with Crippen LogP contribution in [0.25, 0.3) is 11.0 Å². The summed E-state index contributed by atoms with van der Waals surface area (Å²) in [5.74, 6) is 1.57. The van der Waals surface area contributed by atoms with Crippen molar-refractivity contribution in [1.82, 2.24) is 19.4 Å². The van der Waals surface area contributed by atoms with Crippen LogP contribution in [0.15, 0.2) is 54.7 Å². The number of piperidine rings is 1. The Kier molecular flexibility index (Phi) is 9.00. The van der Waals surface area contributed by atoms with Crippen molar-refractivity contribution < 1.29 is 27.4 Å². The maximum atomic E-state index is 13.2. The fourth-order valence-corrected chi connectivity index (χ4v) is 5.21. The summed E-state index contributed by atoms with van der Waals surface area (Å²) in [6.07, 6.45) is -0.974. The van der Waals surface area contributed by atoms with E-state index >= 15 is 0 Å². The van der Waals surface area contributed by atoms with Crippen molar-refractivity contribution in [1.29, 1.82) is 0 Å². The van der Waals surface area contributed by atoms with E-state index in [-0.39, 0.29) is 28.8 Å². The number of alkyl halides is 3. The number of rotatable bonds is 10. The van der Waals surface area contributed by atoms with Crippen molar-refractivity contribution in [2.75, 3.05) is 38.7 Å². The molecule has 0 unspecified atom stereocenters. The Morgan fingerprint density at radius 1 is 1.10 bits per heavy atom. The highest BCUT2D eigenvalue weighted by Gasteiger charge is 2.31. The fraction of sp³-hybridized carbons (Fsp3) is 0.367. The maximum Gasteiger partial charge on any atom is 0.416 e. The topological polar surface area (TPSA) is 81.5 Å². The third-order valence-electron chi connectivity index (χ3n) is 7.43. The largest absolute Gasteiger partial charge is 0.457 e. The lowest BCUT2D eigenvalue weighted by Gasteiger charge is -2.30. The number of likely N-dealkylation sites (tertiary alicyclic amines) is 1. The summed E-state index contributed by atoms with van der Waals surface area (Å²) < 4.78 is 52.5. The number of methoxy groups -OCH3 is 1. The molecule has 42 heavy (non-hydrogen) atoms. The average molecular weight is 602 g/mol. The Hall–Kier alpha value is -3.67. The van der Waals surface area contributed by atoms with E-state index in [2.05, 4.69) is 20.2 Å². The van der Waals surface area contributed by atoms with E-state index in [4.69, 9.17) is 21.1 Å².